The number of hydrogen-bond donors (Lipinski definition) is 0. The number of alkyl halides is 3. The van der Waals surface area contributed by atoms with Crippen LogP contribution in [-0.4, -0.2) is 61.5 Å². The van der Waals surface area contributed by atoms with Crippen LogP contribution in [0, 0.1) is 11.7 Å². The molecule has 2 saturated heterocycles. The largest absolute Gasteiger partial charge is 0.416 e. The highest BCUT2D eigenvalue weighted by Crippen LogP contribution is 2.37. The van der Waals surface area contributed by atoms with Gasteiger partial charge in [-0.15, -0.1) is 0 Å². The molecule has 5 rings (SSSR count). The van der Waals surface area contributed by atoms with Crippen molar-refractivity contribution in [3.8, 4) is 0 Å². The lowest BCUT2D eigenvalue weighted by Gasteiger charge is -2.38. The van der Waals surface area contributed by atoms with Crippen LogP contribution < -0.4 is 4.90 Å². The molecule has 2 atom stereocenters. The van der Waals surface area contributed by atoms with Gasteiger partial charge in [-0.25, -0.2) is 4.39 Å². The van der Waals surface area contributed by atoms with Crippen molar-refractivity contribution in [1.29, 1.82) is 0 Å². The summed E-state index contributed by atoms with van der Waals surface area (Å²) in [5, 5.41) is 0. The first-order valence-electron chi connectivity index (χ1n) is 12.5. The maximum atomic E-state index is 13.5. The molecule has 0 aliphatic carbocycles. The van der Waals surface area contributed by atoms with Crippen molar-refractivity contribution in [2.24, 2.45) is 5.92 Å². The van der Waals surface area contributed by atoms with Gasteiger partial charge in [0.2, 0.25) is 0 Å². The summed E-state index contributed by atoms with van der Waals surface area (Å²) in [5.41, 5.74) is 1.47. The molecule has 0 spiro atoms. The van der Waals surface area contributed by atoms with Gasteiger partial charge in [-0.3, -0.25) is 9.69 Å². The molecule has 4 nitrogen and oxygen atoms in total. The van der Waals surface area contributed by atoms with Crippen molar-refractivity contribution in [2.45, 2.75) is 12.1 Å². The summed E-state index contributed by atoms with van der Waals surface area (Å²) in [6, 6.07) is 21.1. The van der Waals surface area contributed by atoms with E-state index < -0.39 is 17.6 Å². The SMILES string of the molecule is O=C(c1ccc(F)cc1)N1CC(CN2CCN(c3ccccc3)CC2)C(c2cccc(C(F)(F)F)c2)C1. The number of carbonyl (C=O) groups excluding carboxylic acids is 1. The van der Waals surface area contributed by atoms with E-state index in [4.69, 9.17) is 0 Å². The van der Waals surface area contributed by atoms with Crippen molar-refractivity contribution in [3.63, 3.8) is 0 Å². The summed E-state index contributed by atoms with van der Waals surface area (Å²) in [6.45, 7) is 4.87. The van der Waals surface area contributed by atoms with Gasteiger partial charge >= 0.3 is 6.18 Å². The van der Waals surface area contributed by atoms with E-state index in [1.54, 1.807) is 11.0 Å². The molecule has 0 radical (unpaired) electrons. The minimum atomic E-state index is -4.43. The fourth-order valence-electron chi connectivity index (χ4n) is 5.48. The number of carbonyl (C=O) groups is 1. The van der Waals surface area contributed by atoms with Gasteiger partial charge in [-0.05, 0) is 53.9 Å². The van der Waals surface area contributed by atoms with Crippen molar-refractivity contribution < 1.29 is 22.4 Å². The van der Waals surface area contributed by atoms with Crippen LogP contribution in [0.3, 0.4) is 0 Å². The van der Waals surface area contributed by atoms with Crippen LogP contribution in [0.25, 0.3) is 0 Å². The third kappa shape index (κ3) is 5.80. The van der Waals surface area contributed by atoms with Gasteiger partial charge in [0.25, 0.3) is 5.91 Å². The topological polar surface area (TPSA) is 26.8 Å². The van der Waals surface area contributed by atoms with Crippen LogP contribution in [-0.2, 0) is 6.18 Å². The Hall–Kier alpha value is -3.39. The van der Waals surface area contributed by atoms with E-state index in [1.807, 2.05) is 18.2 Å². The van der Waals surface area contributed by atoms with Crippen molar-refractivity contribution in [2.75, 3.05) is 50.7 Å². The number of nitrogens with zero attached hydrogens (tertiary/aromatic N) is 3. The molecule has 8 heteroatoms. The zero-order chi connectivity index (χ0) is 26.0. The van der Waals surface area contributed by atoms with Gasteiger partial charge in [-0.2, -0.15) is 13.2 Å². The highest BCUT2D eigenvalue weighted by atomic mass is 19.4. The second-order valence-corrected chi connectivity index (χ2v) is 9.83. The van der Waals surface area contributed by atoms with Crippen LogP contribution in [0.2, 0.25) is 0 Å². The minimum absolute atomic E-state index is 0.0174. The number of halogens is 4. The van der Waals surface area contributed by atoms with E-state index >= 15 is 0 Å². The quantitative estimate of drug-likeness (QED) is 0.422. The van der Waals surface area contributed by atoms with Crippen LogP contribution in [0.4, 0.5) is 23.2 Å². The Morgan fingerprint density at radius 2 is 1.54 bits per heavy atom. The summed E-state index contributed by atoms with van der Waals surface area (Å²) in [4.78, 5) is 19.6. The maximum absolute atomic E-state index is 13.5. The van der Waals surface area contributed by atoms with Crippen molar-refractivity contribution >= 4 is 11.6 Å². The summed E-state index contributed by atoms with van der Waals surface area (Å²) in [6.07, 6.45) is -4.43. The number of hydrogen-bond acceptors (Lipinski definition) is 3. The zero-order valence-corrected chi connectivity index (χ0v) is 20.4. The monoisotopic (exact) mass is 511 g/mol. The lowest BCUT2D eigenvalue weighted by atomic mass is 9.87. The molecular weight excluding hydrogens is 482 g/mol. The maximum Gasteiger partial charge on any atom is 0.416 e. The zero-order valence-electron chi connectivity index (χ0n) is 20.4. The first-order chi connectivity index (χ1) is 17.8. The predicted octanol–water partition coefficient (Wildman–Crippen LogP) is 5.52. The van der Waals surface area contributed by atoms with E-state index in [0.717, 1.165) is 32.2 Å². The van der Waals surface area contributed by atoms with Gasteiger partial charge < -0.3 is 9.80 Å². The highest BCUT2D eigenvalue weighted by molar-refractivity contribution is 5.94. The van der Waals surface area contributed by atoms with Crippen LogP contribution in [0.15, 0.2) is 78.9 Å². The van der Waals surface area contributed by atoms with Crippen molar-refractivity contribution in [1.82, 2.24) is 9.80 Å². The van der Waals surface area contributed by atoms with E-state index in [-0.39, 0.29) is 17.7 Å². The lowest BCUT2D eigenvalue weighted by Crippen LogP contribution is -2.48. The predicted molar refractivity (Wildman–Crippen MR) is 135 cm³/mol. The Morgan fingerprint density at radius 3 is 2.22 bits per heavy atom. The third-order valence-corrected chi connectivity index (χ3v) is 7.45. The highest BCUT2D eigenvalue weighted by Gasteiger charge is 2.39. The fourth-order valence-corrected chi connectivity index (χ4v) is 5.48. The molecule has 3 aromatic carbocycles. The van der Waals surface area contributed by atoms with Crippen LogP contribution in [0.1, 0.15) is 27.4 Å². The molecule has 0 aromatic heterocycles. The van der Waals surface area contributed by atoms with Crippen LogP contribution >= 0.6 is 0 Å². The van der Waals surface area contributed by atoms with Gasteiger partial charge in [0.05, 0.1) is 5.56 Å². The van der Waals surface area contributed by atoms with Crippen molar-refractivity contribution in [3.05, 3.63) is 101 Å². The Kier molecular flexibility index (Phi) is 7.20. The smallest absolute Gasteiger partial charge is 0.369 e. The number of anilines is 1. The first kappa shape index (κ1) is 25.3. The molecule has 37 heavy (non-hydrogen) atoms. The molecule has 2 heterocycles. The molecule has 2 unspecified atom stereocenters. The molecule has 0 N–H and O–H groups in total. The second-order valence-electron chi connectivity index (χ2n) is 9.83. The molecule has 2 aliphatic heterocycles. The van der Waals surface area contributed by atoms with E-state index in [2.05, 4.69) is 21.9 Å². The van der Waals surface area contributed by atoms with Gasteiger partial charge in [0, 0.05) is 63.0 Å². The van der Waals surface area contributed by atoms with E-state index in [1.165, 1.54) is 42.1 Å². The van der Waals surface area contributed by atoms with Gasteiger partial charge in [0.15, 0.2) is 0 Å². The number of piperazine rings is 1. The first-order valence-corrected chi connectivity index (χ1v) is 12.5. The minimum Gasteiger partial charge on any atom is -0.369 e. The molecular formula is C29H29F4N3O. The van der Waals surface area contributed by atoms with Crippen LogP contribution in [0.5, 0.6) is 0 Å². The van der Waals surface area contributed by atoms with E-state index in [9.17, 15) is 22.4 Å². The molecule has 2 aliphatic rings. The summed E-state index contributed by atoms with van der Waals surface area (Å²) in [5.74, 6) is -0.893. The summed E-state index contributed by atoms with van der Waals surface area (Å²) >= 11 is 0. The normalized spacial score (nSPS) is 20.9. The molecule has 0 saturated carbocycles. The van der Waals surface area contributed by atoms with E-state index in [0.29, 0.717) is 30.8 Å². The molecule has 2 fully saturated rings. The molecule has 0 bridgehead atoms. The average molecular weight is 512 g/mol. The Labute approximate surface area is 214 Å². The van der Waals surface area contributed by atoms with Gasteiger partial charge in [0.1, 0.15) is 5.82 Å². The Morgan fingerprint density at radius 1 is 0.838 bits per heavy atom. The number of amides is 1. The number of benzene rings is 3. The molecule has 1 amide bonds. The average Bonchev–Trinajstić information content (AvgIpc) is 3.33. The number of likely N-dealkylation sites (tertiary alicyclic amines) is 1. The summed E-state index contributed by atoms with van der Waals surface area (Å²) in [7, 11) is 0. The molecule has 3 aromatic rings. The lowest BCUT2D eigenvalue weighted by molar-refractivity contribution is -0.137. The molecule has 194 valence electrons. The third-order valence-electron chi connectivity index (χ3n) is 7.45. The Balaban J connectivity index is 1.33. The number of para-hydroxylation sites is 1. The summed E-state index contributed by atoms with van der Waals surface area (Å²) < 4.78 is 53.7. The Bertz CT molecular complexity index is 1210. The fraction of sp³-hybridized carbons (Fsp3) is 0.345. The van der Waals surface area contributed by atoms with Gasteiger partial charge in [-0.1, -0.05) is 36.4 Å². The second kappa shape index (κ2) is 10.5. The number of rotatable bonds is 5. The standard InChI is InChI=1S/C29H29F4N3O/c30-25-11-9-21(10-12-25)28(37)36-19-23(27(20-36)22-5-4-6-24(17-22)29(31,32)33)18-34-13-15-35(16-14-34)26-7-2-1-3-8-26/h1-12,17,23,27H,13-16,18-20H2.